The highest BCUT2D eigenvalue weighted by molar-refractivity contribution is 9.09. The van der Waals surface area contributed by atoms with E-state index in [0.29, 0.717) is 27.9 Å². The molecule has 4 saturated carbocycles. The van der Waals surface area contributed by atoms with Crippen LogP contribution in [0, 0.1) is 46.3 Å². The quantitative estimate of drug-likeness (QED) is 0.425. The molecular formula is C24H41BrO. The van der Waals surface area contributed by atoms with Gasteiger partial charge in [-0.2, -0.15) is 0 Å². The second-order valence-corrected chi connectivity index (χ2v) is 10.9. The van der Waals surface area contributed by atoms with Crippen molar-refractivity contribution in [2.45, 2.75) is 92.4 Å². The van der Waals surface area contributed by atoms with Crippen LogP contribution in [-0.4, -0.2) is 11.1 Å². The first kappa shape index (κ1) is 20.9. The number of Topliss-reactive ketones (excluding diaryl/α,β-unsaturated/α-hetero) is 1. The van der Waals surface area contributed by atoms with E-state index in [1.54, 1.807) is 0 Å². The van der Waals surface area contributed by atoms with Crippen LogP contribution < -0.4 is 0 Å². The van der Waals surface area contributed by atoms with Crippen molar-refractivity contribution in [3.63, 3.8) is 0 Å². The van der Waals surface area contributed by atoms with E-state index in [4.69, 9.17) is 0 Å². The number of ketones is 1. The average Bonchev–Trinajstić information content (AvgIpc) is 3.00. The average molecular weight is 425 g/mol. The summed E-state index contributed by atoms with van der Waals surface area (Å²) in [5, 5.41) is 0.561. The molecule has 0 amide bonds. The molecule has 2 heteroatoms. The van der Waals surface area contributed by atoms with Gasteiger partial charge in [0, 0.05) is 5.92 Å². The van der Waals surface area contributed by atoms with E-state index in [1.165, 1.54) is 51.4 Å². The van der Waals surface area contributed by atoms with E-state index in [2.05, 4.69) is 36.7 Å². The summed E-state index contributed by atoms with van der Waals surface area (Å²) in [7, 11) is 0. The molecule has 0 aliphatic heterocycles. The van der Waals surface area contributed by atoms with Gasteiger partial charge in [-0.1, -0.05) is 57.0 Å². The topological polar surface area (TPSA) is 17.1 Å². The van der Waals surface area contributed by atoms with Crippen molar-refractivity contribution >= 4 is 21.7 Å². The number of rotatable bonds is 2. The SMILES string of the molecule is CC.CC1CCC2(C)C(CCC3C2CCC2(C)C(C(=O)CBr)CCC32)C1. The molecule has 0 aromatic carbocycles. The van der Waals surface area contributed by atoms with Crippen LogP contribution in [0.3, 0.4) is 0 Å². The number of alkyl halides is 1. The van der Waals surface area contributed by atoms with Crippen molar-refractivity contribution in [3.8, 4) is 0 Å². The van der Waals surface area contributed by atoms with Gasteiger partial charge in [-0.25, -0.2) is 0 Å². The molecule has 26 heavy (non-hydrogen) atoms. The summed E-state index contributed by atoms with van der Waals surface area (Å²) < 4.78 is 0. The largest absolute Gasteiger partial charge is 0.298 e. The van der Waals surface area contributed by atoms with Crippen molar-refractivity contribution in [2.24, 2.45) is 46.3 Å². The maximum absolute atomic E-state index is 12.5. The Bertz CT molecular complexity index is 516. The molecule has 0 radical (unpaired) electrons. The third-order valence-electron chi connectivity index (χ3n) is 9.45. The highest BCUT2D eigenvalue weighted by atomic mass is 79.9. The molecule has 150 valence electrons. The Morgan fingerprint density at radius 1 is 0.923 bits per heavy atom. The smallest absolute Gasteiger partial charge is 0.147 e. The fraction of sp³-hybridized carbons (Fsp3) is 0.958. The van der Waals surface area contributed by atoms with Gasteiger partial charge >= 0.3 is 0 Å². The molecule has 0 spiro atoms. The first-order valence-electron chi connectivity index (χ1n) is 11.5. The molecule has 8 unspecified atom stereocenters. The van der Waals surface area contributed by atoms with Crippen LogP contribution in [0.15, 0.2) is 0 Å². The molecule has 4 aliphatic carbocycles. The lowest BCUT2D eigenvalue weighted by atomic mass is 9.44. The van der Waals surface area contributed by atoms with Gasteiger partial charge in [0.25, 0.3) is 0 Å². The lowest BCUT2D eigenvalue weighted by Gasteiger charge is -2.61. The predicted molar refractivity (Wildman–Crippen MR) is 115 cm³/mol. The van der Waals surface area contributed by atoms with E-state index < -0.39 is 0 Å². The van der Waals surface area contributed by atoms with Gasteiger partial charge in [0.15, 0.2) is 0 Å². The Hall–Kier alpha value is 0.150. The number of hydrogen-bond donors (Lipinski definition) is 0. The summed E-state index contributed by atoms with van der Waals surface area (Å²) >= 11 is 3.44. The highest BCUT2D eigenvalue weighted by Crippen LogP contribution is 2.67. The van der Waals surface area contributed by atoms with Crippen LogP contribution in [0.2, 0.25) is 0 Å². The van der Waals surface area contributed by atoms with Crippen LogP contribution in [0.25, 0.3) is 0 Å². The van der Waals surface area contributed by atoms with Crippen LogP contribution in [-0.2, 0) is 4.79 Å². The minimum atomic E-state index is 0.303. The third kappa shape index (κ3) is 3.15. The maximum Gasteiger partial charge on any atom is 0.147 e. The first-order chi connectivity index (χ1) is 12.4. The number of halogens is 1. The van der Waals surface area contributed by atoms with Gasteiger partial charge in [-0.05, 0) is 91.8 Å². The van der Waals surface area contributed by atoms with Gasteiger partial charge in [-0.15, -0.1) is 0 Å². The monoisotopic (exact) mass is 424 g/mol. The van der Waals surface area contributed by atoms with Gasteiger partial charge in [0.1, 0.15) is 5.78 Å². The third-order valence-corrected chi connectivity index (χ3v) is 10.0. The van der Waals surface area contributed by atoms with E-state index in [-0.39, 0.29) is 0 Å². The van der Waals surface area contributed by atoms with Gasteiger partial charge < -0.3 is 0 Å². The van der Waals surface area contributed by atoms with Gasteiger partial charge in [0.2, 0.25) is 0 Å². The Morgan fingerprint density at radius 2 is 1.58 bits per heavy atom. The van der Waals surface area contributed by atoms with Crippen molar-refractivity contribution in [1.82, 2.24) is 0 Å². The first-order valence-corrected chi connectivity index (χ1v) is 12.6. The van der Waals surface area contributed by atoms with Crippen LogP contribution >= 0.6 is 15.9 Å². The molecule has 0 bridgehead atoms. The van der Waals surface area contributed by atoms with E-state index in [9.17, 15) is 4.79 Å². The van der Waals surface area contributed by atoms with Crippen LogP contribution in [0.5, 0.6) is 0 Å². The van der Waals surface area contributed by atoms with Crippen LogP contribution in [0.4, 0.5) is 0 Å². The maximum atomic E-state index is 12.5. The number of carbonyl (C=O) groups is 1. The number of fused-ring (bicyclic) bond motifs is 5. The zero-order valence-corrected chi connectivity index (χ0v) is 19.4. The summed E-state index contributed by atoms with van der Waals surface area (Å²) in [6.45, 7) is 11.6. The molecule has 4 aliphatic rings. The molecular weight excluding hydrogens is 384 g/mol. The fourth-order valence-corrected chi connectivity index (χ4v) is 8.49. The Labute approximate surface area is 170 Å². The van der Waals surface area contributed by atoms with Gasteiger partial charge in [0.05, 0.1) is 5.33 Å². The molecule has 4 rings (SSSR count). The zero-order valence-electron chi connectivity index (χ0n) is 17.8. The fourth-order valence-electron chi connectivity index (χ4n) is 8.09. The normalized spacial score (nSPS) is 49.9. The lowest BCUT2D eigenvalue weighted by molar-refractivity contribution is -0.134. The predicted octanol–water partition coefficient (Wildman–Crippen LogP) is 7.27. The summed E-state index contributed by atoms with van der Waals surface area (Å²) in [6.07, 6.45) is 12.5. The van der Waals surface area contributed by atoms with Crippen molar-refractivity contribution in [2.75, 3.05) is 5.33 Å². The standard InChI is InChI=1S/C22H35BrO.C2H6/c1-14-8-10-21(2)15(12-14)4-5-16-17-6-7-19(20(24)13-23)22(17,3)11-9-18(16)21;1-2/h14-19H,4-13H2,1-3H3;1-2H3. The second kappa shape index (κ2) is 7.88. The molecule has 8 atom stereocenters. The lowest BCUT2D eigenvalue weighted by Crippen LogP contribution is -2.53. The Kier molecular flexibility index (Phi) is 6.32. The summed E-state index contributed by atoms with van der Waals surface area (Å²) in [5.41, 5.74) is 0.908. The summed E-state index contributed by atoms with van der Waals surface area (Å²) in [6, 6.07) is 0. The highest BCUT2D eigenvalue weighted by Gasteiger charge is 2.60. The zero-order chi connectivity index (χ0) is 19.1. The van der Waals surface area contributed by atoms with Crippen molar-refractivity contribution in [3.05, 3.63) is 0 Å². The molecule has 0 heterocycles. The second-order valence-electron chi connectivity index (χ2n) is 10.3. The van der Waals surface area contributed by atoms with Crippen molar-refractivity contribution in [1.29, 1.82) is 0 Å². The summed E-state index contributed by atoms with van der Waals surface area (Å²) in [4.78, 5) is 12.5. The minimum absolute atomic E-state index is 0.303. The van der Waals surface area contributed by atoms with E-state index in [0.717, 1.165) is 36.0 Å². The number of hydrogen-bond acceptors (Lipinski definition) is 1. The minimum Gasteiger partial charge on any atom is -0.298 e. The molecule has 0 N–H and O–H groups in total. The van der Waals surface area contributed by atoms with E-state index in [1.807, 2.05) is 13.8 Å². The Morgan fingerprint density at radius 3 is 2.27 bits per heavy atom. The van der Waals surface area contributed by atoms with Crippen molar-refractivity contribution < 1.29 is 4.79 Å². The summed E-state index contributed by atoms with van der Waals surface area (Å²) in [5.74, 6) is 5.41. The molecule has 0 aromatic heterocycles. The molecule has 0 aromatic rings. The van der Waals surface area contributed by atoms with E-state index >= 15 is 0 Å². The molecule has 0 saturated heterocycles. The Balaban J connectivity index is 0.000000948. The van der Waals surface area contributed by atoms with Crippen LogP contribution in [0.1, 0.15) is 92.4 Å². The molecule has 1 nitrogen and oxygen atoms in total. The number of carbonyl (C=O) groups excluding carboxylic acids is 1. The van der Waals surface area contributed by atoms with Gasteiger partial charge in [-0.3, -0.25) is 4.79 Å². The molecule has 4 fully saturated rings.